The van der Waals surface area contributed by atoms with Gasteiger partial charge in [0.05, 0.1) is 24.2 Å². The molecule has 1 amide bonds. The van der Waals surface area contributed by atoms with Gasteiger partial charge < -0.3 is 19.5 Å². The number of amides is 1. The Kier molecular flexibility index (Phi) is 5.15. The Morgan fingerprint density at radius 1 is 1.30 bits per heavy atom. The molecule has 1 atom stereocenters. The first-order valence-electron chi connectivity index (χ1n) is 9.12. The fourth-order valence-corrected chi connectivity index (χ4v) is 4.27. The maximum absolute atomic E-state index is 13.4. The average Bonchev–Trinajstić information content (AvgIpc) is 2.58. The van der Waals surface area contributed by atoms with Crippen LogP contribution < -0.4 is 10.2 Å². The topological polar surface area (TPSA) is 90.4 Å². The van der Waals surface area contributed by atoms with Gasteiger partial charge in [0.25, 0.3) is 5.91 Å². The van der Waals surface area contributed by atoms with Crippen molar-refractivity contribution < 1.29 is 27.3 Å². The summed E-state index contributed by atoms with van der Waals surface area (Å²) in [5.41, 5.74) is -1.34. The number of halogens is 3. The summed E-state index contributed by atoms with van der Waals surface area (Å²) in [6.45, 7) is 3.46. The van der Waals surface area contributed by atoms with Gasteiger partial charge in [-0.1, -0.05) is 6.07 Å². The van der Waals surface area contributed by atoms with E-state index < -0.39 is 29.0 Å². The molecule has 0 radical (unpaired) electrons. The molecule has 1 unspecified atom stereocenters. The van der Waals surface area contributed by atoms with Crippen molar-refractivity contribution in [3.8, 4) is 0 Å². The molecule has 2 fully saturated rings. The van der Waals surface area contributed by atoms with E-state index in [9.17, 15) is 22.5 Å². The molecule has 1 aromatic heterocycles. The number of hydrogen-bond acceptors (Lipinski definition) is 6. The quantitative estimate of drug-likeness (QED) is 0.736. The second-order valence-electron chi connectivity index (χ2n) is 7.65. The molecular formula is C19H19F3N4O3S. The third-order valence-corrected chi connectivity index (χ3v) is 6.20. The van der Waals surface area contributed by atoms with Crippen molar-refractivity contribution in [3.63, 3.8) is 0 Å². The standard InChI is InChI=1S/C19H19F3N4O3S/c1-11-14(17(27)23-12-4-3-5-13(6-12)30(2)28)16(25-24-15(11)19(20,21)22)26-7-18(8-26)9-29-10-18/h3-6H,7-10H2,1-2H3,(H,23,27). The van der Waals surface area contributed by atoms with Crippen LogP contribution in [0.15, 0.2) is 29.2 Å². The molecular weight excluding hydrogens is 421 g/mol. The van der Waals surface area contributed by atoms with Crippen molar-refractivity contribution in [1.82, 2.24) is 10.2 Å². The number of carbonyl (C=O) groups excluding carboxylic acids is 1. The van der Waals surface area contributed by atoms with Crippen molar-refractivity contribution in [1.29, 1.82) is 0 Å². The molecule has 160 valence electrons. The highest BCUT2D eigenvalue weighted by Crippen LogP contribution is 2.42. The molecule has 3 heterocycles. The van der Waals surface area contributed by atoms with Gasteiger partial charge in [-0.05, 0) is 35.8 Å². The lowest BCUT2D eigenvalue weighted by molar-refractivity contribution is -0.142. The Morgan fingerprint density at radius 2 is 2.00 bits per heavy atom. The number of hydrogen-bond donors (Lipinski definition) is 1. The Labute approximate surface area is 173 Å². The SMILES string of the molecule is Cc1c(C(F)(F)F)nnc(N2CC3(COC3)C2)c1C(=O)Nc1cccc([S+](C)[O-])c1. The lowest BCUT2D eigenvalue weighted by Gasteiger charge is -2.55. The monoisotopic (exact) mass is 440 g/mol. The average molecular weight is 440 g/mol. The highest BCUT2D eigenvalue weighted by molar-refractivity contribution is 7.90. The summed E-state index contributed by atoms with van der Waals surface area (Å²) in [6, 6.07) is 6.35. The zero-order valence-corrected chi connectivity index (χ0v) is 17.1. The van der Waals surface area contributed by atoms with E-state index in [0.29, 0.717) is 36.9 Å². The normalized spacial score (nSPS) is 18.5. The first-order valence-corrected chi connectivity index (χ1v) is 10.7. The summed E-state index contributed by atoms with van der Waals surface area (Å²) in [7, 11) is 0. The van der Waals surface area contributed by atoms with Crippen LogP contribution in [0.3, 0.4) is 0 Å². The van der Waals surface area contributed by atoms with Crippen LogP contribution >= 0.6 is 0 Å². The molecule has 0 aliphatic carbocycles. The Bertz CT molecular complexity index is 987. The second kappa shape index (κ2) is 7.40. The van der Waals surface area contributed by atoms with E-state index >= 15 is 0 Å². The number of nitrogens with zero attached hydrogens (tertiary/aromatic N) is 3. The molecule has 2 aromatic rings. The summed E-state index contributed by atoms with van der Waals surface area (Å²) >= 11 is -1.27. The van der Waals surface area contributed by atoms with Gasteiger partial charge >= 0.3 is 6.18 Å². The zero-order valence-electron chi connectivity index (χ0n) is 16.2. The first kappa shape index (κ1) is 20.9. The van der Waals surface area contributed by atoms with E-state index in [1.54, 1.807) is 23.1 Å². The van der Waals surface area contributed by atoms with Crippen molar-refractivity contribution in [2.45, 2.75) is 18.0 Å². The predicted octanol–water partition coefficient (Wildman–Crippen LogP) is 2.63. The molecule has 1 N–H and O–H groups in total. The largest absolute Gasteiger partial charge is 0.612 e. The molecule has 1 aromatic carbocycles. The number of benzene rings is 1. The van der Waals surface area contributed by atoms with Gasteiger partial charge in [0.15, 0.2) is 16.4 Å². The number of anilines is 2. The fourth-order valence-electron chi connectivity index (χ4n) is 3.70. The number of carbonyl (C=O) groups is 1. The van der Waals surface area contributed by atoms with E-state index in [1.807, 2.05) is 0 Å². The van der Waals surface area contributed by atoms with E-state index in [4.69, 9.17) is 4.74 Å². The van der Waals surface area contributed by atoms with E-state index in [-0.39, 0.29) is 22.4 Å². The molecule has 7 nitrogen and oxygen atoms in total. The third kappa shape index (κ3) is 3.72. The predicted molar refractivity (Wildman–Crippen MR) is 104 cm³/mol. The first-order chi connectivity index (χ1) is 14.1. The van der Waals surface area contributed by atoms with E-state index in [2.05, 4.69) is 15.5 Å². The molecule has 11 heteroatoms. The van der Waals surface area contributed by atoms with Crippen LogP contribution in [-0.4, -0.2) is 53.2 Å². The van der Waals surface area contributed by atoms with Crippen LogP contribution in [0.2, 0.25) is 0 Å². The van der Waals surface area contributed by atoms with E-state index in [0.717, 1.165) is 0 Å². The summed E-state index contributed by atoms with van der Waals surface area (Å²) in [6.07, 6.45) is -3.24. The van der Waals surface area contributed by atoms with Gasteiger partial charge in [-0.15, -0.1) is 10.2 Å². The van der Waals surface area contributed by atoms with Crippen molar-refractivity contribution in [2.24, 2.45) is 5.41 Å². The summed E-state index contributed by atoms with van der Waals surface area (Å²) in [5, 5.41) is 9.73. The Balaban J connectivity index is 1.68. The van der Waals surface area contributed by atoms with Crippen molar-refractivity contribution in [3.05, 3.63) is 41.1 Å². The van der Waals surface area contributed by atoms with Crippen LogP contribution in [-0.2, 0) is 22.1 Å². The summed E-state index contributed by atoms with van der Waals surface area (Å²) in [5.74, 6) is -0.613. The molecule has 0 bridgehead atoms. The fraction of sp³-hybridized carbons (Fsp3) is 0.421. The molecule has 0 saturated carbocycles. The number of aromatic nitrogens is 2. The van der Waals surface area contributed by atoms with Gasteiger partial charge in [0, 0.05) is 24.8 Å². The minimum absolute atomic E-state index is 0.0223. The van der Waals surface area contributed by atoms with Gasteiger partial charge in [-0.2, -0.15) is 13.2 Å². The third-order valence-electron chi connectivity index (χ3n) is 5.29. The minimum Gasteiger partial charge on any atom is -0.612 e. The number of nitrogens with one attached hydrogen (secondary N) is 1. The van der Waals surface area contributed by atoms with Crippen molar-refractivity contribution >= 4 is 28.6 Å². The highest BCUT2D eigenvalue weighted by Gasteiger charge is 2.51. The van der Waals surface area contributed by atoms with Crippen molar-refractivity contribution in [2.75, 3.05) is 42.8 Å². The van der Waals surface area contributed by atoms with Gasteiger partial charge in [-0.3, -0.25) is 4.79 Å². The smallest absolute Gasteiger partial charge is 0.435 e. The van der Waals surface area contributed by atoms with Gasteiger partial charge in [0.2, 0.25) is 0 Å². The maximum Gasteiger partial charge on any atom is 0.435 e. The minimum atomic E-state index is -4.73. The van der Waals surface area contributed by atoms with Crippen LogP contribution in [0.5, 0.6) is 0 Å². The number of rotatable bonds is 4. The second-order valence-corrected chi connectivity index (χ2v) is 9.03. The summed E-state index contributed by atoms with van der Waals surface area (Å²) in [4.78, 5) is 15.3. The molecule has 2 saturated heterocycles. The van der Waals surface area contributed by atoms with E-state index in [1.165, 1.54) is 19.2 Å². The van der Waals surface area contributed by atoms with Crippen LogP contribution in [0.25, 0.3) is 0 Å². The maximum atomic E-state index is 13.4. The van der Waals surface area contributed by atoms with Crippen LogP contribution in [0, 0.1) is 12.3 Å². The van der Waals surface area contributed by atoms with Crippen LogP contribution in [0.4, 0.5) is 24.7 Å². The highest BCUT2D eigenvalue weighted by atomic mass is 32.2. The molecule has 2 aliphatic heterocycles. The Morgan fingerprint density at radius 3 is 2.57 bits per heavy atom. The van der Waals surface area contributed by atoms with Gasteiger partial charge in [-0.25, -0.2) is 0 Å². The number of ether oxygens (including phenoxy) is 1. The Hall–Kier alpha value is -2.37. The lowest BCUT2D eigenvalue weighted by Crippen LogP contribution is -2.66. The molecule has 1 spiro atoms. The van der Waals surface area contributed by atoms with Gasteiger partial charge in [0.1, 0.15) is 6.26 Å². The van der Waals surface area contributed by atoms with Crippen LogP contribution in [0.1, 0.15) is 21.6 Å². The zero-order chi connectivity index (χ0) is 21.7. The molecule has 30 heavy (non-hydrogen) atoms. The molecule has 4 rings (SSSR count). The summed E-state index contributed by atoms with van der Waals surface area (Å²) < 4.78 is 57.0. The lowest BCUT2D eigenvalue weighted by atomic mass is 9.78. The molecule has 2 aliphatic rings. The number of alkyl halides is 3.